The summed E-state index contributed by atoms with van der Waals surface area (Å²) in [7, 11) is 0. The van der Waals surface area contributed by atoms with Gasteiger partial charge in [-0.3, -0.25) is 0 Å². The first-order chi connectivity index (χ1) is 7.42. The summed E-state index contributed by atoms with van der Waals surface area (Å²) in [5.74, 6) is 1.14. The molecule has 15 heavy (non-hydrogen) atoms. The summed E-state index contributed by atoms with van der Waals surface area (Å²) in [6, 6.07) is 0. The molecule has 1 aromatic rings. The highest BCUT2D eigenvalue weighted by Gasteiger charge is 2.17. The first-order valence-corrected chi connectivity index (χ1v) is 6.09. The first kappa shape index (κ1) is 10.7. The molecule has 1 aliphatic rings. The maximum atomic E-state index is 5.41. The van der Waals surface area contributed by atoms with Gasteiger partial charge in [0.2, 0.25) is 0 Å². The number of aromatic nitrogens is 1. The Kier molecular flexibility index (Phi) is 3.78. The molecule has 0 unspecified atom stereocenters. The minimum absolute atomic E-state index is 0.868. The number of aryl methyl sites for hydroxylation is 1. The molecule has 0 amide bonds. The van der Waals surface area contributed by atoms with Gasteiger partial charge in [0, 0.05) is 18.5 Å². The van der Waals surface area contributed by atoms with Gasteiger partial charge in [-0.2, -0.15) is 0 Å². The van der Waals surface area contributed by atoms with Crippen molar-refractivity contribution < 1.29 is 4.52 Å². The van der Waals surface area contributed by atoms with Crippen molar-refractivity contribution in [3.63, 3.8) is 0 Å². The maximum absolute atomic E-state index is 5.41. The van der Waals surface area contributed by atoms with Crippen LogP contribution in [0.3, 0.4) is 0 Å². The van der Waals surface area contributed by atoms with E-state index in [-0.39, 0.29) is 0 Å². The van der Waals surface area contributed by atoms with Gasteiger partial charge in [0.15, 0.2) is 0 Å². The highest BCUT2D eigenvalue weighted by molar-refractivity contribution is 5.24. The van der Waals surface area contributed by atoms with Gasteiger partial charge in [0.25, 0.3) is 0 Å². The van der Waals surface area contributed by atoms with Crippen LogP contribution in [0.2, 0.25) is 0 Å². The zero-order chi connectivity index (χ0) is 10.5. The van der Waals surface area contributed by atoms with Gasteiger partial charge in [0.05, 0.1) is 0 Å². The Labute approximate surface area is 91.2 Å². The van der Waals surface area contributed by atoms with Crippen molar-refractivity contribution in [2.75, 3.05) is 6.54 Å². The molecule has 0 radical (unpaired) electrons. The molecule has 0 aromatic carbocycles. The first-order valence-electron chi connectivity index (χ1n) is 6.09. The summed E-state index contributed by atoms with van der Waals surface area (Å²) in [4.78, 5) is 0. The summed E-state index contributed by atoms with van der Waals surface area (Å²) >= 11 is 0. The lowest BCUT2D eigenvalue weighted by Crippen LogP contribution is -2.15. The van der Waals surface area contributed by atoms with Crippen LogP contribution in [0.25, 0.3) is 0 Å². The van der Waals surface area contributed by atoms with Gasteiger partial charge in [-0.05, 0) is 32.2 Å². The zero-order valence-corrected chi connectivity index (χ0v) is 9.51. The van der Waals surface area contributed by atoms with Crippen molar-refractivity contribution in [2.45, 2.75) is 52.0 Å². The quantitative estimate of drug-likeness (QED) is 0.610. The lowest BCUT2D eigenvalue weighted by molar-refractivity contribution is 0.372. The Morgan fingerprint density at radius 2 is 2.13 bits per heavy atom. The van der Waals surface area contributed by atoms with Crippen LogP contribution in [0.15, 0.2) is 4.52 Å². The molecule has 0 spiro atoms. The Morgan fingerprint density at radius 3 is 3.00 bits per heavy atom. The average molecular weight is 208 g/mol. The molecule has 0 aliphatic heterocycles. The van der Waals surface area contributed by atoms with Crippen LogP contribution in [0.5, 0.6) is 0 Å². The number of hydrogen-bond donors (Lipinski definition) is 1. The minimum Gasteiger partial charge on any atom is -0.361 e. The van der Waals surface area contributed by atoms with E-state index in [1.807, 2.05) is 0 Å². The fraction of sp³-hybridized carbons (Fsp3) is 0.750. The molecule has 3 heteroatoms. The fourth-order valence-electron chi connectivity index (χ4n) is 2.15. The van der Waals surface area contributed by atoms with E-state index in [9.17, 15) is 0 Å². The van der Waals surface area contributed by atoms with Crippen LogP contribution in [0.4, 0.5) is 0 Å². The van der Waals surface area contributed by atoms with Crippen LogP contribution in [-0.4, -0.2) is 11.7 Å². The van der Waals surface area contributed by atoms with E-state index in [1.165, 1.54) is 31.2 Å². The molecular formula is C12H20N2O. The number of rotatable bonds is 4. The van der Waals surface area contributed by atoms with Crippen molar-refractivity contribution in [3.05, 3.63) is 17.0 Å². The molecule has 1 heterocycles. The third kappa shape index (κ3) is 2.59. The van der Waals surface area contributed by atoms with Crippen LogP contribution in [0, 0.1) is 0 Å². The molecule has 1 aliphatic carbocycles. The van der Waals surface area contributed by atoms with Gasteiger partial charge in [0.1, 0.15) is 11.5 Å². The molecule has 1 aromatic heterocycles. The molecule has 0 fully saturated rings. The Balaban J connectivity index is 2.01. The summed E-state index contributed by atoms with van der Waals surface area (Å²) in [6.07, 6.45) is 7.27. The van der Waals surface area contributed by atoms with Crippen LogP contribution in [-0.2, 0) is 19.4 Å². The summed E-state index contributed by atoms with van der Waals surface area (Å²) in [5, 5.41) is 7.56. The second-order valence-electron chi connectivity index (χ2n) is 4.27. The van der Waals surface area contributed by atoms with E-state index < -0.39 is 0 Å². The molecule has 3 nitrogen and oxygen atoms in total. The van der Waals surface area contributed by atoms with Gasteiger partial charge >= 0.3 is 0 Å². The monoisotopic (exact) mass is 208 g/mol. The Bertz CT molecular complexity index is 307. The van der Waals surface area contributed by atoms with E-state index in [4.69, 9.17) is 4.52 Å². The average Bonchev–Trinajstić information content (AvgIpc) is 2.50. The van der Waals surface area contributed by atoms with Crippen molar-refractivity contribution in [3.8, 4) is 0 Å². The maximum Gasteiger partial charge on any atom is 0.140 e. The predicted molar refractivity (Wildman–Crippen MR) is 59.8 cm³/mol. The summed E-state index contributed by atoms with van der Waals surface area (Å²) in [6.45, 7) is 4.10. The number of nitrogens with zero attached hydrogens (tertiary/aromatic N) is 1. The van der Waals surface area contributed by atoms with Crippen molar-refractivity contribution in [2.24, 2.45) is 0 Å². The van der Waals surface area contributed by atoms with Crippen molar-refractivity contribution in [1.82, 2.24) is 10.5 Å². The minimum atomic E-state index is 0.868. The third-order valence-electron chi connectivity index (χ3n) is 3.00. The van der Waals surface area contributed by atoms with E-state index in [2.05, 4.69) is 17.4 Å². The SMILES string of the molecule is CCCNCc1noc2c1CCCCC2. The Hall–Kier alpha value is -0.830. The predicted octanol–water partition coefficient (Wildman–Crippen LogP) is 2.44. The molecular weight excluding hydrogens is 188 g/mol. The number of fused-ring (bicyclic) bond motifs is 1. The van der Waals surface area contributed by atoms with Gasteiger partial charge in [-0.1, -0.05) is 18.5 Å². The normalized spacial score (nSPS) is 16.1. The van der Waals surface area contributed by atoms with Crippen LogP contribution in [0.1, 0.15) is 49.6 Å². The Morgan fingerprint density at radius 1 is 1.27 bits per heavy atom. The lowest BCUT2D eigenvalue weighted by Gasteiger charge is -2.01. The largest absolute Gasteiger partial charge is 0.361 e. The molecule has 2 rings (SSSR count). The van der Waals surface area contributed by atoms with Gasteiger partial charge in [-0.25, -0.2) is 0 Å². The fourth-order valence-corrected chi connectivity index (χ4v) is 2.15. The summed E-state index contributed by atoms with van der Waals surface area (Å²) < 4.78 is 5.41. The van der Waals surface area contributed by atoms with Crippen LogP contribution >= 0.6 is 0 Å². The topological polar surface area (TPSA) is 38.1 Å². The van der Waals surface area contributed by atoms with E-state index in [1.54, 1.807) is 0 Å². The van der Waals surface area contributed by atoms with Gasteiger partial charge < -0.3 is 9.84 Å². The molecule has 0 saturated carbocycles. The van der Waals surface area contributed by atoms with E-state index >= 15 is 0 Å². The molecule has 1 N–H and O–H groups in total. The van der Waals surface area contributed by atoms with Crippen LogP contribution < -0.4 is 5.32 Å². The zero-order valence-electron chi connectivity index (χ0n) is 9.51. The molecule has 0 bridgehead atoms. The molecule has 0 atom stereocenters. The van der Waals surface area contributed by atoms with Crippen molar-refractivity contribution in [1.29, 1.82) is 0 Å². The van der Waals surface area contributed by atoms with Crippen molar-refractivity contribution >= 4 is 0 Å². The highest BCUT2D eigenvalue weighted by atomic mass is 16.5. The number of hydrogen-bond acceptors (Lipinski definition) is 3. The second-order valence-corrected chi connectivity index (χ2v) is 4.27. The smallest absolute Gasteiger partial charge is 0.140 e. The highest BCUT2D eigenvalue weighted by Crippen LogP contribution is 2.23. The third-order valence-corrected chi connectivity index (χ3v) is 3.00. The summed E-state index contributed by atoms with van der Waals surface area (Å²) in [5.41, 5.74) is 2.52. The molecule has 84 valence electrons. The second kappa shape index (κ2) is 5.31. The van der Waals surface area contributed by atoms with E-state index in [0.29, 0.717) is 0 Å². The number of nitrogens with one attached hydrogen (secondary N) is 1. The molecule has 0 saturated heterocycles. The lowest BCUT2D eigenvalue weighted by atomic mass is 10.1. The van der Waals surface area contributed by atoms with Gasteiger partial charge in [-0.15, -0.1) is 0 Å². The standard InChI is InChI=1S/C12H20N2O/c1-2-8-13-9-11-10-6-4-3-5-7-12(10)15-14-11/h13H,2-9H2,1H3. The van der Waals surface area contributed by atoms with E-state index in [0.717, 1.165) is 37.4 Å².